The minimum atomic E-state index is -0.433. The van der Waals surface area contributed by atoms with Crippen molar-refractivity contribution in [2.45, 2.75) is 33.7 Å². The van der Waals surface area contributed by atoms with E-state index in [-0.39, 0.29) is 12.5 Å². The van der Waals surface area contributed by atoms with Crippen LogP contribution in [0.25, 0.3) is 21.9 Å². The van der Waals surface area contributed by atoms with E-state index in [1.807, 2.05) is 26.1 Å². The van der Waals surface area contributed by atoms with Crippen LogP contribution in [0, 0.1) is 6.92 Å². The molecule has 0 aliphatic carbocycles. The zero-order chi connectivity index (χ0) is 20.3. The summed E-state index contributed by atoms with van der Waals surface area (Å²) in [5.74, 6) is -0.0291. The molecule has 0 aliphatic rings. The number of carbonyl (C=O) groups excluding carboxylic acids is 1. The number of amides is 1. The fraction of sp³-hybridized carbons (Fsp3) is 0.476. The zero-order valence-corrected chi connectivity index (χ0v) is 17.1. The van der Waals surface area contributed by atoms with E-state index in [2.05, 4.69) is 23.8 Å². The number of benzene rings is 1. The highest BCUT2D eigenvalue weighted by Crippen LogP contribution is 2.23. The van der Waals surface area contributed by atoms with E-state index in [1.54, 1.807) is 15.6 Å². The molecule has 0 aliphatic heterocycles. The molecule has 1 amide bonds. The Morgan fingerprint density at radius 1 is 1.18 bits per heavy atom. The molecular weight excluding hydrogens is 356 g/mol. The lowest BCUT2D eigenvalue weighted by atomic mass is 10.1. The van der Waals surface area contributed by atoms with Gasteiger partial charge in [0.25, 0.3) is 0 Å². The molecule has 28 heavy (non-hydrogen) atoms. The van der Waals surface area contributed by atoms with Crippen molar-refractivity contribution in [3.05, 3.63) is 40.4 Å². The quantitative estimate of drug-likeness (QED) is 0.558. The lowest BCUT2D eigenvalue weighted by molar-refractivity contribution is -0.130. The van der Waals surface area contributed by atoms with Crippen LogP contribution in [0.15, 0.2) is 33.6 Å². The number of carbonyl (C=O) groups is 1. The van der Waals surface area contributed by atoms with Gasteiger partial charge in [-0.15, -0.1) is 0 Å². The lowest BCUT2D eigenvalue weighted by Gasteiger charge is -2.21. The summed E-state index contributed by atoms with van der Waals surface area (Å²) in [6.45, 7) is 10.1. The highest BCUT2D eigenvalue weighted by Gasteiger charge is 2.17. The molecule has 150 valence electrons. The van der Waals surface area contributed by atoms with E-state index in [4.69, 9.17) is 4.42 Å². The van der Waals surface area contributed by atoms with Gasteiger partial charge in [-0.05, 0) is 45.1 Å². The molecule has 0 radical (unpaired) electrons. The first-order chi connectivity index (χ1) is 13.4. The maximum absolute atomic E-state index is 12.7. The van der Waals surface area contributed by atoms with Crippen molar-refractivity contribution in [1.82, 2.24) is 19.6 Å². The van der Waals surface area contributed by atoms with E-state index >= 15 is 0 Å². The van der Waals surface area contributed by atoms with Gasteiger partial charge >= 0.3 is 5.63 Å². The van der Waals surface area contributed by atoms with Crippen molar-refractivity contribution < 1.29 is 9.21 Å². The third-order valence-electron chi connectivity index (χ3n) is 5.23. The largest absolute Gasteiger partial charge is 0.422 e. The van der Waals surface area contributed by atoms with Crippen LogP contribution in [0.3, 0.4) is 0 Å². The van der Waals surface area contributed by atoms with Crippen LogP contribution < -0.4 is 5.63 Å². The van der Waals surface area contributed by atoms with Gasteiger partial charge in [-0.2, -0.15) is 5.10 Å². The molecule has 0 unspecified atom stereocenters. The van der Waals surface area contributed by atoms with Gasteiger partial charge in [0.05, 0.1) is 11.7 Å². The van der Waals surface area contributed by atoms with Gasteiger partial charge in [-0.3, -0.25) is 9.48 Å². The third-order valence-corrected chi connectivity index (χ3v) is 5.23. The zero-order valence-electron chi connectivity index (χ0n) is 17.1. The summed E-state index contributed by atoms with van der Waals surface area (Å²) in [5, 5.41) is 5.49. The Morgan fingerprint density at radius 3 is 2.64 bits per heavy atom. The molecule has 0 fully saturated rings. The summed E-state index contributed by atoms with van der Waals surface area (Å²) in [5.41, 5.74) is 1.78. The fourth-order valence-corrected chi connectivity index (χ4v) is 3.46. The van der Waals surface area contributed by atoms with Crippen molar-refractivity contribution in [2.75, 3.05) is 33.2 Å². The summed E-state index contributed by atoms with van der Waals surface area (Å²) in [6.07, 6.45) is 2.41. The smallest absolute Gasteiger partial charge is 0.347 e. The summed E-state index contributed by atoms with van der Waals surface area (Å²) >= 11 is 0. The molecule has 3 rings (SSSR count). The average Bonchev–Trinajstić information content (AvgIpc) is 3.10. The van der Waals surface area contributed by atoms with E-state index < -0.39 is 5.63 Å². The van der Waals surface area contributed by atoms with Crippen LogP contribution in [0.5, 0.6) is 0 Å². The van der Waals surface area contributed by atoms with E-state index in [9.17, 15) is 9.59 Å². The first-order valence-corrected chi connectivity index (χ1v) is 9.79. The molecule has 0 saturated carbocycles. The van der Waals surface area contributed by atoms with Gasteiger partial charge in [0.2, 0.25) is 5.91 Å². The predicted molar refractivity (Wildman–Crippen MR) is 111 cm³/mol. The minimum Gasteiger partial charge on any atom is -0.422 e. The molecular formula is C21H28N4O3. The molecule has 3 aromatic rings. The summed E-state index contributed by atoms with van der Waals surface area (Å²) in [4.78, 5) is 29.0. The summed E-state index contributed by atoms with van der Waals surface area (Å²) in [7, 11) is 1.81. The lowest BCUT2D eigenvalue weighted by Crippen LogP contribution is -2.33. The highest BCUT2D eigenvalue weighted by atomic mass is 16.4. The van der Waals surface area contributed by atoms with Crippen LogP contribution in [-0.2, 0) is 11.3 Å². The van der Waals surface area contributed by atoms with Gasteiger partial charge in [-0.1, -0.05) is 25.5 Å². The topological polar surface area (TPSA) is 71.6 Å². The second-order valence-electron chi connectivity index (χ2n) is 7.15. The molecule has 1 aromatic carbocycles. The van der Waals surface area contributed by atoms with Crippen LogP contribution in [-0.4, -0.2) is 58.7 Å². The van der Waals surface area contributed by atoms with Crippen LogP contribution in [0.4, 0.5) is 0 Å². The Labute approximate surface area is 164 Å². The number of likely N-dealkylation sites (N-methyl/N-ethyl adjacent to an activating group) is 1. The standard InChI is InChI=1S/C21H28N4O3/c1-5-24(6-2)11-7-10-23(4)19(26)14-25-20-16-12-15(3)8-9-18(16)28-21(27)17(20)13-22-25/h8-9,12-13H,5-7,10-11,14H2,1-4H3. The minimum absolute atomic E-state index is 0.0291. The van der Waals surface area contributed by atoms with Gasteiger partial charge < -0.3 is 14.2 Å². The van der Waals surface area contributed by atoms with Gasteiger partial charge in [0, 0.05) is 19.0 Å². The number of fused-ring (bicyclic) bond motifs is 3. The molecule has 0 spiro atoms. The van der Waals surface area contributed by atoms with Crippen molar-refractivity contribution in [1.29, 1.82) is 0 Å². The molecule has 2 heterocycles. The van der Waals surface area contributed by atoms with Gasteiger partial charge in [0.15, 0.2) is 0 Å². The second kappa shape index (κ2) is 8.56. The van der Waals surface area contributed by atoms with E-state index in [0.717, 1.165) is 37.0 Å². The Hall–Kier alpha value is -2.67. The van der Waals surface area contributed by atoms with Gasteiger partial charge in [-0.25, -0.2) is 4.79 Å². The Balaban J connectivity index is 1.80. The predicted octanol–water partition coefficient (Wildman–Crippen LogP) is 2.64. The molecule has 7 nitrogen and oxygen atoms in total. The van der Waals surface area contributed by atoms with Crippen molar-refractivity contribution in [3.63, 3.8) is 0 Å². The molecule has 2 aromatic heterocycles. The molecule has 0 N–H and O–H groups in total. The Bertz CT molecular complexity index is 1030. The van der Waals surface area contributed by atoms with Crippen LogP contribution in [0.1, 0.15) is 25.8 Å². The van der Waals surface area contributed by atoms with Gasteiger partial charge in [0.1, 0.15) is 17.5 Å². The number of aryl methyl sites for hydroxylation is 1. The summed E-state index contributed by atoms with van der Waals surface area (Å²) < 4.78 is 6.99. The first-order valence-electron chi connectivity index (χ1n) is 9.79. The molecule has 0 saturated heterocycles. The Kier molecular flexibility index (Phi) is 6.14. The van der Waals surface area contributed by atoms with Crippen LogP contribution in [0.2, 0.25) is 0 Å². The molecule has 0 bridgehead atoms. The SMILES string of the molecule is CCN(CC)CCCN(C)C(=O)Cn1ncc2c(=O)oc3ccc(C)cc3c21. The van der Waals surface area contributed by atoms with E-state index in [1.165, 1.54) is 6.20 Å². The number of hydrogen-bond donors (Lipinski definition) is 0. The number of hydrogen-bond acceptors (Lipinski definition) is 5. The second-order valence-corrected chi connectivity index (χ2v) is 7.15. The molecule has 0 atom stereocenters. The highest BCUT2D eigenvalue weighted by molar-refractivity contribution is 6.02. The normalized spacial score (nSPS) is 11.6. The third kappa shape index (κ3) is 4.09. The molecule has 7 heteroatoms. The Morgan fingerprint density at radius 2 is 1.93 bits per heavy atom. The van der Waals surface area contributed by atoms with E-state index in [0.29, 0.717) is 23.0 Å². The maximum atomic E-state index is 12.7. The first kappa shape index (κ1) is 20.1. The average molecular weight is 384 g/mol. The summed E-state index contributed by atoms with van der Waals surface area (Å²) in [6, 6.07) is 5.63. The number of nitrogens with zero attached hydrogens (tertiary/aromatic N) is 4. The monoisotopic (exact) mass is 384 g/mol. The van der Waals surface area contributed by atoms with Crippen molar-refractivity contribution >= 4 is 27.8 Å². The van der Waals surface area contributed by atoms with Crippen molar-refractivity contribution in [3.8, 4) is 0 Å². The maximum Gasteiger partial charge on any atom is 0.347 e. The fourth-order valence-electron chi connectivity index (χ4n) is 3.46. The van der Waals surface area contributed by atoms with Crippen molar-refractivity contribution in [2.24, 2.45) is 0 Å². The van der Waals surface area contributed by atoms with Crippen LogP contribution >= 0.6 is 0 Å². The number of aromatic nitrogens is 2. The number of rotatable bonds is 8.